The largest absolute Gasteiger partial charge is 0.491 e. The standard InChI is InChI=1S/C22H25NO4/c1-15(2)27-18-12-10-17(11-13-18)22(25)26-14-21(24)23-20-9-5-7-16-6-3-4-8-19(16)20/h3-4,6,8,10-13,15,20H,5,7,9,14H2,1-2H3,(H,23,24)/t20-/m1/s1. The highest BCUT2D eigenvalue weighted by Gasteiger charge is 2.21. The molecule has 0 saturated heterocycles. The zero-order valence-corrected chi connectivity index (χ0v) is 15.7. The molecule has 5 heteroatoms. The highest BCUT2D eigenvalue weighted by atomic mass is 16.5. The van der Waals surface area contributed by atoms with E-state index in [1.807, 2.05) is 32.0 Å². The van der Waals surface area contributed by atoms with Gasteiger partial charge in [0.05, 0.1) is 17.7 Å². The van der Waals surface area contributed by atoms with Crippen LogP contribution in [-0.4, -0.2) is 24.6 Å². The predicted molar refractivity (Wildman–Crippen MR) is 103 cm³/mol. The van der Waals surface area contributed by atoms with Crippen LogP contribution in [0.1, 0.15) is 54.2 Å². The Labute approximate surface area is 159 Å². The maximum atomic E-state index is 12.2. The van der Waals surface area contributed by atoms with Crippen molar-refractivity contribution in [1.29, 1.82) is 0 Å². The molecule has 1 amide bonds. The molecule has 0 bridgehead atoms. The van der Waals surface area contributed by atoms with Gasteiger partial charge in [-0.3, -0.25) is 4.79 Å². The van der Waals surface area contributed by atoms with Crippen molar-refractivity contribution in [2.75, 3.05) is 6.61 Å². The zero-order valence-electron chi connectivity index (χ0n) is 15.7. The molecule has 0 aromatic heterocycles. The molecule has 27 heavy (non-hydrogen) atoms. The minimum Gasteiger partial charge on any atom is -0.491 e. The summed E-state index contributed by atoms with van der Waals surface area (Å²) >= 11 is 0. The molecule has 0 fully saturated rings. The SMILES string of the molecule is CC(C)Oc1ccc(C(=O)OCC(=O)N[C@@H]2CCCc3ccccc32)cc1. The van der Waals surface area contributed by atoms with Gasteiger partial charge in [-0.25, -0.2) is 4.79 Å². The van der Waals surface area contributed by atoms with Crippen molar-refractivity contribution in [3.8, 4) is 5.75 Å². The molecule has 0 radical (unpaired) electrons. The fraction of sp³-hybridized carbons (Fsp3) is 0.364. The molecule has 2 aromatic rings. The number of aryl methyl sites for hydroxylation is 1. The fourth-order valence-electron chi connectivity index (χ4n) is 3.30. The number of hydrogen-bond donors (Lipinski definition) is 1. The molecule has 0 spiro atoms. The molecule has 1 atom stereocenters. The molecule has 1 aliphatic rings. The van der Waals surface area contributed by atoms with Gasteiger partial charge in [-0.15, -0.1) is 0 Å². The van der Waals surface area contributed by atoms with Gasteiger partial charge in [-0.05, 0) is 68.5 Å². The maximum absolute atomic E-state index is 12.2. The predicted octanol–water partition coefficient (Wildman–Crippen LogP) is 3.82. The smallest absolute Gasteiger partial charge is 0.338 e. The van der Waals surface area contributed by atoms with E-state index < -0.39 is 5.97 Å². The van der Waals surface area contributed by atoms with Crippen molar-refractivity contribution in [3.63, 3.8) is 0 Å². The third kappa shape index (κ3) is 5.09. The van der Waals surface area contributed by atoms with Gasteiger partial charge in [0.1, 0.15) is 5.75 Å². The number of benzene rings is 2. The van der Waals surface area contributed by atoms with Crippen LogP contribution in [0.4, 0.5) is 0 Å². The van der Waals surface area contributed by atoms with Gasteiger partial charge in [-0.2, -0.15) is 0 Å². The topological polar surface area (TPSA) is 64.6 Å². The zero-order chi connectivity index (χ0) is 19.2. The Bertz CT molecular complexity index is 798. The lowest BCUT2D eigenvalue weighted by atomic mass is 9.88. The first kappa shape index (κ1) is 19.0. The van der Waals surface area contributed by atoms with E-state index in [0.717, 1.165) is 24.8 Å². The molecule has 0 aliphatic heterocycles. The molecule has 1 N–H and O–H groups in total. The number of carbonyl (C=O) groups excluding carboxylic acids is 2. The molecule has 1 aliphatic carbocycles. The van der Waals surface area contributed by atoms with E-state index in [9.17, 15) is 9.59 Å². The Kier molecular flexibility index (Phi) is 6.12. The lowest BCUT2D eigenvalue weighted by molar-refractivity contribution is -0.125. The van der Waals surface area contributed by atoms with Crippen molar-refractivity contribution in [2.45, 2.75) is 45.3 Å². The summed E-state index contributed by atoms with van der Waals surface area (Å²) in [6, 6.07) is 14.8. The second-order valence-corrected chi connectivity index (χ2v) is 6.98. The average molecular weight is 367 g/mol. The number of amides is 1. The van der Waals surface area contributed by atoms with E-state index >= 15 is 0 Å². The lowest BCUT2D eigenvalue weighted by Crippen LogP contribution is -2.34. The van der Waals surface area contributed by atoms with Crippen LogP contribution >= 0.6 is 0 Å². The van der Waals surface area contributed by atoms with Crippen LogP contribution in [0.5, 0.6) is 5.75 Å². The quantitative estimate of drug-likeness (QED) is 0.788. The Morgan fingerprint density at radius 3 is 2.59 bits per heavy atom. The maximum Gasteiger partial charge on any atom is 0.338 e. The van der Waals surface area contributed by atoms with Crippen molar-refractivity contribution in [3.05, 3.63) is 65.2 Å². The Morgan fingerprint density at radius 1 is 1.11 bits per heavy atom. The Balaban J connectivity index is 1.51. The molecule has 0 saturated carbocycles. The number of carbonyl (C=O) groups is 2. The lowest BCUT2D eigenvalue weighted by Gasteiger charge is -2.26. The number of ether oxygens (including phenoxy) is 2. The summed E-state index contributed by atoms with van der Waals surface area (Å²) in [5, 5.41) is 2.98. The van der Waals surface area contributed by atoms with Crippen LogP contribution in [0.2, 0.25) is 0 Å². The van der Waals surface area contributed by atoms with Gasteiger partial charge in [0, 0.05) is 0 Å². The minimum atomic E-state index is -0.523. The van der Waals surface area contributed by atoms with Gasteiger partial charge < -0.3 is 14.8 Å². The van der Waals surface area contributed by atoms with Crippen LogP contribution in [0.25, 0.3) is 0 Å². The summed E-state index contributed by atoms with van der Waals surface area (Å²) in [5.41, 5.74) is 2.82. The summed E-state index contributed by atoms with van der Waals surface area (Å²) in [6.45, 7) is 3.58. The summed E-state index contributed by atoms with van der Waals surface area (Å²) in [5.74, 6) is -0.120. The van der Waals surface area contributed by atoms with Crippen LogP contribution in [-0.2, 0) is 16.0 Å². The number of rotatable bonds is 6. The van der Waals surface area contributed by atoms with Crippen LogP contribution in [0, 0.1) is 0 Å². The first-order chi connectivity index (χ1) is 13.0. The Morgan fingerprint density at radius 2 is 1.85 bits per heavy atom. The molecule has 2 aromatic carbocycles. The average Bonchev–Trinajstić information content (AvgIpc) is 2.66. The highest BCUT2D eigenvalue weighted by Crippen LogP contribution is 2.29. The van der Waals surface area contributed by atoms with E-state index in [4.69, 9.17) is 9.47 Å². The third-order valence-corrected chi connectivity index (χ3v) is 4.50. The van der Waals surface area contributed by atoms with Gasteiger partial charge in [0.25, 0.3) is 5.91 Å². The number of nitrogens with one attached hydrogen (secondary N) is 1. The van der Waals surface area contributed by atoms with Crippen molar-refractivity contribution < 1.29 is 19.1 Å². The summed E-state index contributed by atoms with van der Waals surface area (Å²) in [7, 11) is 0. The molecule has 0 unspecified atom stereocenters. The van der Waals surface area contributed by atoms with Gasteiger partial charge in [0.15, 0.2) is 6.61 Å². The van der Waals surface area contributed by atoms with Crippen molar-refractivity contribution >= 4 is 11.9 Å². The number of hydrogen-bond acceptors (Lipinski definition) is 4. The van der Waals surface area contributed by atoms with Crippen LogP contribution < -0.4 is 10.1 Å². The Hall–Kier alpha value is -2.82. The van der Waals surface area contributed by atoms with Gasteiger partial charge in [-0.1, -0.05) is 24.3 Å². The van der Waals surface area contributed by atoms with E-state index in [1.54, 1.807) is 24.3 Å². The normalized spacial score (nSPS) is 15.7. The van der Waals surface area contributed by atoms with Gasteiger partial charge in [0.2, 0.25) is 0 Å². The molecule has 142 valence electrons. The molecule has 0 heterocycles. The number of fused-ring (bicyclic) bond motifs is 1. The highest BCUT2D eigenvalue weighted by molar-refractivity contribution is 5.91. The minimum absolute atomic E-state index is 0.0198. The molecule has 5 nitrogen and oxygen atoms in total. The van der Waals surface area contributed by atoms with Crippen molar-refractivity contribution in [2.24, 2.45) is 0 Å². The second-order valence-electron chi connectivity index (χ2n) is 6.98. The van der Waals surface area contributed by atoms with Crippen LogP contribution in [0.3, 0.4) is 0 Å². The molecular formula is C22H25NO4. The monoisotopic (exact) mass is 367 g/mol. The molecular weight excluding hydrogens is 342 g/mol. The molecule has 3 rings (SSSR count). The third-order valence-electron chi connectivity index (χ3n) is 4.50. The van der Waals surface area contributed by atoms with Crippen molar-refractivity contribution in [1.82, 2.24) is 5.32 Å². The van der Waals surface area contributed by atoms with E-state index in [1.165, 1.54) is 5.56 Å². The first-order valence-electron chi connectivity index (χ1n) is 9.34. The summed E-state index contributed by atoms with van der Waals surface area (Å²) in [4.78, 5) is 24.4. The van der Waals surface area contributed by atoms with E-state index in [0.29, 0.717) is 11.3 Å². The van der Waals surface area contributed by atoms with E-state index in [-0.39, 0.29) is 24.7 Å². The first-order valence-corrected chi connectivity index (χ1v) is 9.34. The van der Waals surface area contributed by atoms with E-state index in [2.05, 4.69) is 11.4 Å². The fourth-order valence-corrected chi connectivity index (χ4v) is 3.30. The van der Waals surface area contributed by atoms with Gasteiger partial charge >= 0.3 is 5.97 Å². The number of esters is 1. The second kappa shape index (κ2) is 8.71. The summed E-state index contributed by atoms with van der Waals surface area (Å²) in [6.07, 6.45) is 3.03. The summed E-state index contributed by atoms with van der Waals surface area (Å²) < 4.78 is 10.7. The van der Waals surface area contributed by atoms with Crippen LogP contribution in [0.15, 0.2) is 48.5 Å².